The van der Waals surface area contributed by atoms with Crippen molar-refractivity contribution in [3.8, 4) is 0 Å². The highest BCUT2D eigenvalue weighted by Gasteiger charge is 2.06. The lowest BCUT2D eigenvalue weighted by atomic mass is 10.1. The summed E-state index contributed by atoms with van der Waals surface area (Å²) in [4.78, 5) is 0. The number of fused-ring (bicyclic) bond motifs is 1. The molecule has 12 heavy (non-hydrogen) atoms. The Morgan fingerprint density at radius 1 is 1.42 bits per heavy atom. The van der Waals surface area contributed by atoms with Gasteiger partial charge in [-0.2, -0.15) is 0 Å². The lowest BCUT2D eigenvalue weighted by Gasteiger charge is -2.00. The van der Waals surface area contributed by atoms with Gasteiger partial charge in [0.05, 0.1) is 0 Å². The van der Waals surface area contributed by atoms with Crippen LogP contribution in [-0.4, -0.2) is 10.2 Å². The Morgan fingerprint density at radius 2 is 2.25 bits per heavy atom. The molecule has 0 radical (unpaired) electrons. The van der Waals surface area contributed by atoms with Gasteiger partial charge >= 0.3 is 0 Å². The minimum absolute atomic E-state index is 0.0295. The SMILES string of the molecule is OC(=S)c1ccc2c(c1)C=CC2. The number of aliphatic hydroxyl groups is 1. The molecule has 0 aromatic heterocycles. The number of aliphatic hydroxyl groups excluding tert-OH is 1. The van der Waals surface area contributed by atoms with Crippen molar-refractivity contribution in [2.75, 3.05) is 0 Å². The molecule has 60 valence electrons. The summed E-state index contributed by atoms with van der Waals surface area (Å²) in [6.07, 6.45) is 5.15. The molecule has 1 aliphatic carbocycles. The van der Waals surface area contributed by atoms with E-state index in [0.717, 1.165) is 12.0 Å². The first-order valence-electron chi connectivity index (χ1n) is 3.80. The summed E-state index contributed by atoms with van der Waals surface area (Å²) in [7, 11) is 0. The van der Waals surface area contributed by atoms with E-state index in [0.29, 0.717) is 0 Å². The number of allylic oxidation sites excluding steroid dienone is 1. The Balaban J connectivity index is 2.51. The van der Waals surface area contributed by atoms with Gasteiger partial charge in [-0.1, -0.05) is 24.3 Å². The highest BCUT2D eigenvalue weighted by Crippen LogP contribution is 2.20. The Hall–Kier alpha value is -1.15. The summed E-state index contributed by atoms with van der Waals surface area (Å²) < 4.78 is 0. The van der Waals surface area contributed by atoms with E-state index in [-0.39, 0.29) is 5.05 Å². The second-order valence-electron chi connectivity index (χ2n) is 2.83. The maximum atomic E-state index is 9.06. The van der Waals surface area contributed by atoms with Gasteiger partial charge in [0.2, 0.25) is 0 Å². The van der Waals surface area contributed by atoms with Crippen LogP contribution in [0.1, 0.15) is 16.7 Å². The highest BCUT2D eigenvalue weighted by atomic mass is 32.1. The summed E-state index contributed by atoms with van der Waals surface area (Å²) in [5.41, 5.74) is 3.20. The first-order chi connectivity index (χ1) is 5.77. The minimum Gasteiger partial charge on any atom is -0.499 e. The lowest BCUT2D eigenvalue weighted by Crippen LogP contribution is -1.95. The summed E-state index contributed by atoms with van der Waals surface area (Å²) in [6.45, 7) is 0. The predicted molar refractivity (Wildman–Crippen MR) is 53.5 cm³/mol. The molecule has 1 aromatic carbocycles. The first kappa shape index (κ1) is 7.50. The third kappa shape index (κ3) is 1.14. The van der Waals surface area contributed by atoms with Crippen LogP contribution in [0, 0.1) is 0 Å². The Labute approximate surface area is 76.3 Å². The van der Waals surface area contributed by atoms with Crippen LogP contribution < -0.4 is 0 Å². The standard InChI is InChI=1S/C10H8OS/c11-10(12)9-5-4-7-2-1-3-8(7)6-9/h1,3-6H,2H2,(H,11,12). The largest absolute Gasteiger partial charge is 0.499 e. The molecule has 1 aromatic rings. The predicted octanol–water partition coefficient (Wildman–Crippen LogP) is 2.49. The number of hydrogen-bond acceptors (Lipinski definition) is 1. The molecule has 0 unspecified atom stereocenters. The quantitative estimate of drug-likeness (QED) is 0.663. The van der Waals surface area contributed by atoms with E-state index < -0.39 is 0 Å². The fourth-order valence-corrected chi connectivity index (χ4v) is 1.51. The van der Waals surface area contributed by atoms with Crippen LogP contribution in [0.5, 0.6) is 0 Å². The molecule has 1 nitrogen and oxygen atoms in total. The van der Waals surface area contributed by atoms with Gasteiger partial charge in [-0.25, -0.2) is 0 Å². The van der Waals surface area contributed by atoms with E-state index in [2.05, 4.69) is 24.4 Å². The van der Waals surface area contributed by atoms with Gasteiger partial charge in [0.25, 0.3) is 0 Å². The molecule has 0 spiro atoms. The molecule has 1 N–H and O–H groups in total. The van der Waals surface area contributed by atoms with E-state index in [1.165, 1.54) is 11.1 Å². The van der Waals surface area contributed by atoms with Crippen LogP contribution in [0.3, 0.4) is 0 Å². The highest BCUT2D eigenvalue weighted by molar-refractivity contribution is 7.80. The molecule has 2 rings (SSSR count). The van der Waals surface area contributed by atoms with Crippen molar-refractivity contribution in [1.29, 1.82) is 0 Å². The summed E-state index contributed by atoms with van der Waals surface area (Å²) in [6, 6.07) is 5.78. The Morgan fingerprint density at radius 3 is 3.00 bits per heavy atom. The van der Waals surface area contributed by atoms with E-state index in [1.54, 1.807) is 0 Å². The van der Waals surface area contributed by atoms with Crippen LogP contribution in [-0.2, 0) is 6.42 Å². The van der Waals surface area contributed by atoms with Crippen molar-refractivity contribution < 1.29 is 5.11 Å². The molecular weight excluding hydrogens is 168 g/mol. The second kappa shape index (κ2) is 2.72. The van der Waals surface area contributed by atoms with Gasteiger partial charge in [0.1, 0.15) is 0 Å². The molecule has 0 amide bonds. The van der Waals surface area contributed by atoms with Crippen LogP contribution in [0.4, 0.5) is 0 Å². The van der Waals surface area contributed by atoms with Crippen LogP contribution in [0.25, 0.3) is 6.08 Å². The van der Waals surface area contributed by atoms with Crippen LogP contribution in [0.2, 0.25) is 0 Å². The molecule has 0 saturated heterocycles. The maximum absolute atomic E-state index is 9.06. The number of rotatable bonds is 1. The zero-order valence-electron chi connectivity index (χ0n) is 6.45. The number of thiocarbonyl (C=S) groups is 1. The molecular formula is C10H8OS. The van der Waals surface area contributed by atoms with Gasteiger partial charge in [-0.3, -0.25) is 0 Å². The second-order valence-corrected chi connectivity index (χ2v) is 3.21. The summed E-state index contributed by atoms with van der Waals surface area (Å²) in [5, 5.41) is 9.03. The van der Waals surface area contributed by atoms with Crippen molar-refractivity contribution in [2.45, 2.75) is 6.42 Å². The van der Waals surface area contributed by atoms with Gasteiger partial charge in [0.15, 0.2) is 5.05 Å². The summed E-state index contributed by atoms with van der Waals surface area (Å²) in [5.74, 6) is 0. The van der Waals surface area contributed by atoms with Crippen LogP contribution >= 0.6 is 12.2 Å². The third-order valence-electron chi connectivity index (χ3n) is 2.03. The molecule has 1 aliphatic rings. The van der Waals surface area contributed by atoms with Gasteiger partial charge in [-0.15, -0.1) is 0 Å². The van der Waals surface area contributed by atoms with Crippen molar-refractivity contribution in [1.82, 2.24) is 0 Å². The van der Waals surface area contributed by atoms with E-state index >= 15 is 0 Å². The topological polar surface area (TPSA) is 20.2 Å². The van der Waals surface area contributed by atoms with Crippen molar-refractivity contribution in [3.05, 3.63) is 41.0 Å². The Bertz CT molecular complexity index is 366. The minimum atomic E-state index is -0.0295. The molecule has 2 heteroatoms. The molecule has 0 heterocycles. The smallest absolute Gasteiger partial charge is 0.188 e. The average Bonchev–Trinajstić information content (AvgIpc) is 2.49. The van der Waals surface area contributed by atoms with E-state index in [9.17, 15) is 0 Å². The van der Waals surface area contributed by atoms with Gasteiger partial charge in [0, 0.05) is 5.56 Å². The van der Waals surface area contributed by atoms with E-state index in [4.69, 9.17) is 5.11 Å². The molecule has 0 saturated carbocycles. The van der Waals surface area contributed by atoms with Crippen molar-refractivity contribution in [3.63, 3.8) is 0 Å². The monoisotopic (exact) mass is 176 g/mol. The number of benzene rings is 1. The lowest BCUT2D eigenvalue weighted by molar-refractivity contribution is 0.571. The fraction of sp³-hybridized carbons (Fsp3) is 0.100. The molecule has 0 fully saturated rings. The van der Waals surface area contributed by atoms with Gasteiger partial charge in [-0.05, 0) is 35.8 Å². The van der Waals surface area contributed by atoms with E-state index in [1.807, 2.05) is 18.2 Å². The summed E-state index contributed by atoms with van der Waals surface area (Å²) >= 11 is 4.66. The van der Waals surface area contributed by atoms with Gasteiger partial charge < -0.3 is 5.11 Å². The number of hydrogen-bond donors (Lipinski definition) is 1. The van der Waals surface area contributed by atoms with Crippen molar-refractivity contribution >= 4 is 23.3 Å². The third-order valence-corrected chi connectivity index (χ3v) is 2.26. The maximum Gasteiger partial charge on any atom is 0.188 e. The average molecular weight is 176 g/mol. The molecule has 0 atom stereocenters. The fourth-order valence-electron chi connectivity index (χ4n) is 1.38. The molecule has 0 bridgehead atoms. The first-order valence-corrected chi connectivity index (χ1v) is 4.21. The van der Waals surface area contributed by atoms with Crippen molar-refractivity contribution in [2.24, 2.45) is 0 Å². The van der Waals surface area contributed by atoms with Crippen LogP contribution in [0.15, 0.2) is 24.3 Å². The zero-order valence-corrected chi connectivity index (χ0v) is 7.27. The molecule has 0 aliphatic heterocycles. The zero-order chi connectivity index (χ0) is 8.55. The normalized spacial score (nSPS) is 13.0. The Kier molecular flexibility index (Phi) is 1.70.